The smallest absolute Gasteiger partial charge is 0.0824 e. The van der Waals surface area contributed by atoms with Crippen molar-refractivity contribution in [2.24, 2.45) is 5.92 Å². The van der Waals surface area contributed by atoms with Crippen LogP contribution in [0.1, 0.15) is 37.5 Å². The summed E-state index contributed by atoms with van der Waals surface area (Å²) in [5.41, 5.74) is 0. The van der Waals surface area contributed by atoms with Crippen LogP contribution >= 0.6 is 27.3 Å². The van der Waals surface area contributed by atoms with E-state index >= 15 is 0 Å². The summed E-state index contributed by atoms with van der Waals surface area (Å²) in [6, 6.07) is 2.09. The van der Waals surface area contributed by atoms with E-state index in [9.17, 15) is 0 Å². The Morgan fingerprint density at radius 1 is 1.47 bits per heavy atom. The highest BCUT2D eigenvalue weighted by Gasteiger charge is 2.21. The van der Waals surface area contributed by atoms with Crippen LogP contribution in [-0.4, -0.2) is 6.10 Å². The molecule has 0 aromatic carbocycles. The minimum Gasteiger partial charge on any atom is -0.372 e. The molecule has 1 saturated carbocycles. The highest BCUT2D eigenvalue weighted by molar-refractivity contribution is 9.10. The predicted molar refractivity (Wildman–Crippen MR) is 68.2 cm³/mol. The summed E-state index contributed by atoms with van der Waals surface area (Å²) >= 11 is 5.30. The molecule has 3 heteroatoms. The fraction of sp³-hybridized carbons (Fsp3) is 0.667. The quantitative estimate of drug-likeness (QED) is 0.789. The van der Waals surface area contributed by atoms with Crippen molar-refractivity contribution in [1.82, 2.24) is 0 Å². The molecule has 0 spiro atoms. The topological polar surface area (TPSA) is 9.23 Å². The molecule has 0 amide bonds. The standard InChI is InChI=1S/C12H17BrOS/c1-9-4-2-3-5-11(9)14-8-12-10(13)6-7-15-12/h6-7,9,11H,2-5,8H2,1H3. The number of thiophene rings is 1. The molecule has 0 aliphatic heterocycles. The van der Waals surface area contributed by atoms with Gasteiger partial charge in [-0.05, 0) is 46.1 Å². The zero-order valence-corrected chi connectivity index (χ0v) is 11.4. The zero-order chi connectivity index (χ0) is 10.7. The Bertz CT molecular complexity index is 310. The molecule has 1 aliphatic rings. The maximum absolute atomic E-state index is 6.00. The maximum atomic E-state index is 6.00. The van der Waals surface area contributed by atoms with Gasteiger partial charge in [0, 0.05) is 9.35 Å². The van der Waals surface area contributed by atoms with Crippen LogP contribution in [0.15, 0.2) is 15.9 Å². The minimum atomic E-state index is 0.479. The van der Waals surface area contributed by atoms with Gasteiger partial charge in [-0.1, -0.05) is 19.8 Å². The van der Waals surface area contributed by atoms with Crippen LogP contribution in [0.2, 0.25) is 0 Å². The van der Waals surface area contributed by atoms with Gasteiger partial charge in [0.05, 0.1) is 12.7 Å². The molecule has 15 heavy (non-hydrogen) atoms. The van der Waals surface area contributed by atoms with Gasteiger partial charge in [0.25, 0.3) is 0 Å². The summed E-state index contributed by atoms with van der Waals surface area (Å²) in [5, 5.41) is 2.10. The van der Waals surface area contributed by atoms with Gasteiger partial charge in [-0.15, -0.1) is 11.3 Å². The first-order valence-corrected chi connectivity index (χ1v) is 7.28. The Morgan fingerprint density at radius 3 is 2.93 bits per heavy atom. The third-order valence-electron chi connectivity index (χ3n) is 3.15. The SMILES string of the molecule is CC1CCCCC1OCc1sccc1Br. The number of hydrogen-bond donors (Lipinski definition) is 0. The van der Waals surface area contributed by atoms with Crippen molar-refractivity contribution in [3.8, 4) is 0 Å². The maximum Gasteiger partial charge on any atom is 0.0824 e. The lowest BCUT2D eigenvalue weighted by atomic mass is 9.88. The molecule has 2 unspecified atom stereocenters. The Balaban J connectivity index is 1.84. The highest BCUT2D eigenvalue weighted by Crippen LogP contribution is 2.29. The molecule has 1 aromatic heterocycles. The van der Waals surface area contributed by atoms with Crippen LogP contribution in [0.5, 0.6) is 0 Å². The van der Waals surface area contributed by atoms with E-state index in [1.807, 2.05) is 0 Å². The van der Waals surface area contributed by atoms with Crippen molar-refractivity contribution in [2.45, 2.75) is 45.3 Å². The average molecular weight is 289 g/mol. The first-order valence-electron chi connectivity index (χ1n) is 5.61. The lowest BCUT2D eigenvalue weighted by Gasteiger charge is -2.28. The molecule has 1 heterocycles. The second-order valence-corrected chi connectivity index (χ2v) is 6.16. The predicted octanol–water partition coefficient (Wildman–Crippen LogP) is 4.61. The molecule has 1 nitrogen and oxygen atoms in total. The number of hydrogen-bond acceptors (Lipinski definition) is 2. The van der Waals surface area contributed by atoms with E-state index in [4.69, 9.17) is 4.74 Å². The van der Waals surface area contributed by atoms with Crippen molar-refractivity contribution < 1.29 is 4.74 Å². The lowest BCUT2D eigenvalue weighted by molar-refractivity contribution is -0.0145. The van der Waals surface area contributed by atoms with E-state index in [-0.39, 0.29) is 0 Å². The molecule has 2 rings (SSSR count). The van der Waals surface area contributed by atoms with Crippen LogP contribution < -0.4 is 0 Å². The number of halogens is 1. The first-order chi connectivity index (χ1) is 7.27. The second kappa shape index (κ2) is 5.46. The Hall–Kier alpha value is 0.140. The highest BCUT2D eigenvalue weighted by atomic mass is 79.9. The molecular formula is C12H17BrOS. The van der Waals surface area contributed by atoms with Crippen molar-refractivity contribution in [3.63, 3.8) is 0 Å². The second-order valence-electron chi connectivity index (χ2n) is 4.30. The monoisotopic (exact) mass is 288 g/mol. The van der Waals surface area contributed by atoms with Gasteiger partial charge in [-0.25, -0.2) is 0 Å². The van der Waals surface area contributed by atoms with Crippen molar-refractivity contribution in [2.75, 3.05) is 0 Å². The first kappa shape index (κ1) is 11.6. The Kier molecular flexibility index (Phi) is 4.23. The minimum absolute atomic E-state index is 0.479. The molecule has 0 saturated heterocycles. The molecular weight excluding hydrogens is 272 g/mol. The molecule has 1 aromatic rings. The summed E-state index contributed by atoms with van der Waals surface area (Å²) in [6.45, 7) is 3.08. The molecule has 1 fully saturated rings. The fourth-order valence-corrected chi connectivity index (χ4v) is 3.53. The van der Waals surface area contributed by atoms with Crippen molar-refractivity contribution in [1.29, 1.82) is 0 Å². The van der Waals surface area contributed by atoms with Gasteiger partial charge < -0.3 is 4.74 Å². The van der Waals surface area contributed by atoms with Crippen LogP contribution in [0, 0.1) is 5.92 Å². The van der Waals surface area contributed by atoms with Crippen LogP contribution in [0.25, 0.3) is 0 Å². The summed E-state index contributed by atoms with van der Waals surface area (Å²) in [6.07, 6.45) is 5.76. The summed E-state index contributed by atoms with van der Waals surface area (Å²) < 4.78 is 7.19. The van der Waals surface area contributed by atoms with E-state index in [2.05, 4.69) is 34.3 Å². The number of rotatable bonds is 3. The third kappa shape index (κ3) is 3.05. The molecule has 1 aliphatic carbocycles. The van der Waals surface area contributed by atoms with Gasteiger partial charge in [-0.2, -0.15) is 0 Å². The summed E-state index contributed by atoms with van der Waals surface area (Å²) in [7, 11) is 0. The van der Waals surface area contributed by atoms with Gasteiger partial charge in [0.2, 0.25) is 0 Å². The van der Waals surface area contributed by atoms with Crippen LogP contribution in [0.4, 0.5) is 0 Å². The average Bonchev–Trinajstić information content (AvgIpc) is 2.63. The third-order valence-corrected chi connectivity index (χ3v) is 5.05. The summed E-state index contributed by atoms with van der Waals surface area (Å²) in [4.78, 5) is 1.31. The van der Waals surface area contributed by atoms with E-state index in [1.54, 1.807) is 11.3 Å². The van der Waals surface area contributed by atoms with Crippen molar-refractivity contribution in [3.05, 3.63) is 20.8 Å². The zero-order valence-electron chi connectivity index (χ0n) is 9.04. The van der Waals surface area contributed by atoms with Gasteiger partial charge in [0.15, 0.2) is 0 Å². The molecule has 84 valence electrons. The van der Waals surface area contributed by atoms with Crippen molar-refractivity contribution >= 4 is 27.3 Å². The Labute approximate surface area is 104 Å². The van der Waals surface area contributed by atoms with Crippen LogP contribution in [-0.2, 0) is 11.3 Å². The molecule has 0 radical (unpaired) electrons. The van der Waals surface area contributed by atoms with Gasteiger partial charge in [0.1, 0.15) is 0 Å². The number of ether oxygens (including phenoxy) is 1. The van der Waals surface area contributed by atoms with E-state index in [0.29, 0.717) is 6.10 Å². The van der Waals surface area contributed by atoms with E-state index in [1.165, 1.54) is 35.0 Å². The molecule has 0 N–H and O–H groups in total. The summed E-state index contributed by atoms with van der Waals surface area (Å²) in [5.74, 6) is 0.734. The van der Waals surface area contributed by atoms with Gasteiger partial charge >= 0.3 is 0 Å². The lowest BCUT2D eigenvalue weighted by Crippen LogP contribution is -2.25. The fourth-order valence-electron chi connectivity index (χ4n) is 2.14. The normalized spacial score (nSPS) is 26.8. The Morgan fingerprint density at radius 2 is 2.27 bits per heavy atom. The van der Waals surface area contributed by atoms with E-state index < -0.39 is 0 Å². The molecule has 0 bridgehead atoms. The molecule has 2 atom stereocenters. The van der Waals surface area contributed by atoms with Crippen LogP contribution in [0.3, 0.4) is 0 Å². The van der Waals surface area contributed by atoms with Gasteiger partial charge in [-0.3, -0.25) is 0 Å². The largest absolute Gasteiger partial charge is 0.372 e. The van der Waals surface area contributed by atoms with E-state index in [0.717, 1.165) is 12.5 Å².